The van der Waals surface area contributed by atoms with Crippen molar-refractivity contribution < 1.29 is 14.3 Å². The van der Waals surface area contributed by atoms with Gasteiger partial charge in [0.2, 0.25) is 0 Å². The zero-order valence-corrected chi connectivity index (χ0v) is 19.7. The number of carbonyl (C=O) groups excluding carboxylic acids is 2. The predicted molar refractivity (Wildman–Crippen MR) is 135 cm³/mol. The highest BCUT2D eigenvalue weighted by Crippen LogP contribution is 2.46. The Morgan fingerprint density at radius 3 is 2.62 bits per heavy atom. The molecule has 2 aliphatic heterocycles. The molecule has 34 heavy (non-hydrogen) atoms. The van der Waals surface area contributed by atoms with E-state index in [1.807, 2.05) is 41.4 Å². The number of carbonyl (C=O) groups is 2. The molecule has 0 unspecified atom stereocenters. The average Bonchev–Trinajstić information content (AvgIpc) is 3.41. The topological polar surface area (TPSA) is 71.3 Å². The number of benzene rings is 2. The third kappa shape index (κ3) is 4.48. The monoisotopic (exact) mass is 471 g/mol. The Hall–Kier alpha value is -3.45. The SMILES string of the molecule is CCOC(=O)/C=C1\SC(N2N=C3/C(=C\c4ccccc4)CCC[C@@H]3[C@H]2c2ccccc2)=NC1=O. The van der Waals surface area contributed by atoms with Crippen LogP contribution in [0, 0.1) is 5.92 Å². The summed E-state index contributed by atoms with van der Waals surface area (Å²) < 4.78 is 4.97. The molecule has 0 radical (unpaired) electrons. The number of hydrazone groups is 1. The van der Waals surface area contributed by atoms with E-state index in [1.165, 1.54) is 23.4 Å². The summed E-state index contributed by atoms with van der Waals surface area (Å²) in [5, 5.41) is 7.42. The number of nitrogens with zero attached hydrogens (tertiary/aromatic N) is 3. The lowest BCUT2D eigenvalue weighted by Gasteiger charge is -2.30. The first kappa shape index (κ1) is 22.3. The number of ether oxygens (including phenoxy) is 1. The Morgan fingerprint density at radius 2 is 1.88 bits per heavy atom. The van der Waals surface area contributed by atoms with Crippen LogP contribution in [0.3, 0.4) is 0 Å². The molecule has 6 nitrogen and oxygen atoms in total. The number of thioether (sulfide) groups is 1. The maximum absolute atomic E-state index is 12.6. The summed E-state index contributed by atoms with van der Waals surface area (Å²) in [4.78, 5) is 29.0. The van der Waals surface area contributed by atoms with E-state index < -0.39 is 11.9 Å². The standard InChI is InChI=1S/C27H25N3O3S/c1-2-33-23(31)17-22-26(32)28-27(34-22)30-25(19-12-7-4-8-13-19)21-15-9-14-20(24(21)29-30)16-18-10-5-3-6-11-18/h3-8,10-13,16-17,21,25H,2,9,14-15H2,1H3/b20-16-,22-17-/t21-,25+/m0/s1. The average molecular weight is 472 g/mol. The molecule has 1 fully saturated rings. The van der Waals surface area contributed by atoms with Crippen molar-refractivity contribution in [2.45, 2.75) is 32.2 Å². The molecule has 1 saturated carbocycles. The second kappa shape index (κ2) is 9.81. The second-order valence-corrected chi connectivity index (χ2v) is 9.34. The van der Waals surface area contributed by atoms with Crippen LogP contribution in [0.5, 0.6) is 0 Å². The molecule has 1 aliphatic carbocycles. The summed E-state index contributed by atoms with van der Waals surface area (Å²) in [6.07, 6.45) is 6.50. The van der Waals surface area contributed by atoms with Crippen molar-refractivity contribution in [1.29, 1.82) is 0 Å². The van der Waals surface area contributed by atoms with Gasteiger partial charge in [-0.1, -0.05) is 60.7 Å². The molecule has 0 bridgehead atoms. The van der Waals surface area contributed by atoms with Crippen molar-refractivity contribution in [1.82, 2.24) is 5.01 Å². The van der Waals surface area contributed by atoms with Gasteiger partial charge in [0.25, 0.3) is 5.91 Å². The Morgan fingerprint density at radius 1 is 1.15 bits per heavy atom. The smallest absolute Gasteiger partial charge is 0.332 e. The van der Waals surface area contributed by atoms with Gasteiger partial charge in [-0.05, 0) is 60.7 Å². The highest BCUT2D eigenvalue weighted by Gasteiger charge is 2.44. The maximum atomic E-state index is 12.6. The quantitative estimate of drug-likeness (QED) is 0.443. The van der Waals surface area contributed by atoms with E-state index in [0.717, 1.165) is 36.1 Å². The first-order chi connectivity index (χ1) is 16.6. The number of hydrogen-bond acceptors (Lipinski definition) is 6. The van der Waals surface area contributed by atoms with Crippen LogP contribution < -0.4 is 0 Å². The van der Waals surface area contributed by atoms with Crippen LogP contribution in [-0.2, 0) is 14.3 Å². The lowest BCUT2D eigenvalue weighted by molar-refractivity contribution is -0.137. The molecule has 2 aromatic rings. The lowest BCUT2D eigenvalue weighted by Crippen LogP contribution is -2.30. The van der Waals surface area contributed by atoms with Gasteiger partial charge in [-0.3, -0.25) is 4.79 Å². The van der Waals surface area contributed by atoms with Crippen LogP contribution in [0.1, 0.15) is 43.4 Å². The van der Waals surface area contributed by atoms with Crippen molar-refractivity contribution in [3.63, 3.8) is 0 Å². The third-order valence-electron chi connectivity index (χ3n) is 6.12. The van der Waals surface area contributed by atoms with Gasteiger partial charge in [0.1, 0.15) is 0 Å². The van der Waals surface area contributed by atoms with Crippen molar-refractivity contribution in [2.24, 2.45) is 16.0 Å². The molecule has 0 N–H and O–H groups in total. The Balaban J connectivity index is 1.52. The van der Waals surface area contributed by atoms with E-state index in [9.17, 15) is 9.59 Å². The van der Waals surface area contributed by atoms with Crippen molar-refractivity contribution in [3.05, 3.63) is 88.3 Å². The molecule has 7 heteroatoms. The molecular formula is C27H25N3O3S. The van der Waals surface area contributed by atoms with Crippen molar-refractivity contribution in [2.75, 3.05) is 6.61 Å². The number of amides is 1. The van der Waals surface area contributed by atoms with Crippen molar-refractivity contribution in [3.8, 4) is 0 Å². The zero-order chi connectivity index (χ0) is 23.5. The van der Waals surface area contributed by atoms with E-state index in [-0.39, 0.29) is 23.5 Å². The van der Waals surface area contributed by atoms with Crippen LogP contribution in [0.4, 0.5) is 0 Å². The highest BCUT2D eigenvalue weighted by atomic mass is 32.2. The van der Waals surface area contributed by atoms with Crippen LogP contribution >= 0.6 is 11.8 Å². The van der Waals surface area contributed by atoms with E-state index in [2.05, 4.69) is 35.3 Å². The third-order valence-corrected chi connectivity index (χ3v) is 7.10. The molecule has 1 amide bonds. The number of rotatable bonds is 4. The number of aliphatic imine (C=N–C) groups is 1. The summed E-state index contributed by atoms with van der Waals surface area (Å²) in [6, 6.07) is 20.5. The summed E-state index contributed by atoms with van der Waals surface area (Å²) in [6.45, 7) is 1.98. The second-order valence-electron chi connectivity index (χ2n) is 8.33. The Bertz CT molecular complexity index is 1220. The molecule has 5 rings (SSSR count). The highest BCUT2D eigenvalue weighted by molar-refractivity contribution is 8.18. The first-order valence-electron chi connectivity index (χ1n) is 11.5. The largest absolute Gasteiger partial charge is 0.463 e. The van der Waals surface area contributed by atoms with Gasteiger partial charge in [-0.25, -0.2) is 9.80 Å². The Labute approximate surface area is 203 Å². The fraction of sp³-hybridized carbons (Fsp3) is 0.259. The summed E-state index contributed by atoms with van der Waals surface area (Å²) in [5.41, 5.74) is 4.56. The normalized spacial score (nSPS) is 24.3. The van der Waals surface area contributed by atoms with Gasteiger partial charge in [0.15, 0.2) is 5.17 Å². The predicted octanol–water partition coefficient (Wildman–Crippen LogP) is 5.36. The maximum Gasteiger partial charge on any atom is 0.332 e. The molecule has 172 valence electrons. The summed E-state index contributed by atoms with van der Waals surface area (Å²) in [5.74, 6) is -0.776. The fourth-order valence-corrected chi connectivity index (χ4v) is 5.54. The van der Waals surface area contributed by atoms with E-state index >= 15 is 0 Å². The number of allylic oxidation sites excluding steroid dienone is 1. The Kier molecular flexibility index (Phi) is 6.45. The van der Waals surface area contributed by atoms with Gasteiger partial charge < -0.3 is 4.74 Å². The number of fused-ring (bicyclic) bond motifs is 1. The molecule has 0 spiro atoms. The number of amidine groups is 1. The van der Waals surface area contributed by atoms with Gasteiger partial charge in [-0.2, -0.15) is 10.1 Å². The zero-order valence-electron chi connectivity index (χ0n) is 18.9. The minimum absolute atomic E-state index is 0.0586. The van der Waals surface area contributed by atoms with Gasteiger partial charge in [0, 0.05) is 12.0 Å². The number of esters is 1. The number of hydrogen-bond donors (Lipinski definition) is 0. The van der Waals surface area contributed by atoms with E-state index in [1.54, 1.807) is 6.92 Å². The first-order valence-corrected chi connectivity index (χ1v) is 12.3. The molecule has 2 atom stereocenters. The molecule has 0 aromatic heterocycles. The van der Waals surface area contributed by atoms with Crippen molar-refractivity contribution >= 4 is 40.6 Å². The molecular weight excluding hydrogens is 446 g/mol. The molecule has 3 aliphatic rings. The van der Waals surface area contributed by atoms with Gasteiger partial charge in [-0.15, -0.1) is 0 Å². The van der Waals surface area contributed by atoms with E-state index in [0.29, 0.717) is 5.17 Å². The fourth-order valence-electron chi connectivity index (χ4n) is 4.68. The van der Waals surface area contributed by atoms with Crippen LogP contribution in [-0.4, -0.2) is 34.4 Å². The minimum Gasteiger partial charge on any atom is -0.463 e. The minimum atomic E-state index is -0.538. The molecule has 2 heterocycles. The van der Waals surface area contributed by atoms with Crippen LogP contribution in [0.15, 0.2) is 87.3 Å². The summed E-state index contributed by atoms with van der Waals surface area (Å²) >= 11 is 1.18. The molecule has 2 aromatic carbocycles. The summed E-state index contributed by atoms with van der Waals surface area (Å²) in [7, 11) is 0. The van der Waals surface area contributed by atoms with Gasteiger partial charge in [0.05, 0.1) is 23.3 Å². The van der Waals surface area contributed by atoms with Crippen LogP contribution in [0.2, 0.25) is 0 Å². The van der Waals surface area contributed by atoms with Crippen LogP contribution in [0.25, 0.3) is 6.08 Å². The molecule has 0 saturated heterocycles. The van der Waals surface area contributed by atoms with Gasteiger partial charge >= 0.3 is 5.97 Å². The van der Waals surface area contributed by atoms with E-state index in [4.69, 9.17) is 9.84 Å². The lowest BCUT2D eigenvalue weighted by atomic mass is 9.77.